The topological polar surface area (TPSA) is 90.7 Å². The van der Waals surface area contributed by atoms with Crippen molar-refractivity contribution >= 4 is 11.8 Å². The van der Waals surface area contributed by atoms with Crippen LogP contribution in [0.1, 0.15) is 0 Å². The van der Waals surface area contributed by atoms with Crippen molar-refractivity contribution in [1.29, 1.82) is 0 Å². The zero-order chi connectivity index (χ0) is 10.8. The molecule has 2 aromatic rings. The molecule has 0 saturated heterocycles. The van der Waals surface area contributed by atoms with Crippen molar-refractivity contribution in [3.05, 3.63) is 30.1 Å². The molecule has 0 atom stereocenters. The van der Waals surface area contributed by atoms with E-state index in [4.69, 9.17) is 11.5 Å². The summed E-state index contributed by atoms with van der Waals surface area (Å²) in [5, 5.41) is 7.37. The maximum absolute atomic E-state index is 12.7. The van der Waals surface area contributed by atoms with Gasteiger partial charge in [-0.2, -0.15) is 4.98 Å². The van der Waals surface area contributed by atoms with Crippen molar-refractivity contribution in [2.45, 2.75) is 0 Å². The minimum atomic E-state index is -0.325. The molecule has 1 aromatic heterocycles. The monoisotopic (exact) mass is 205 g/mol. The fraction of sp³-hybridized carbons (Fsp3) is 0. The molecular formula is C9H8FN5. The fourth-order valence-corrected chi connectivity index (χ4v) is 1.16. The number of rotatable bonds is 1. The maximum Gasteiger partial charge on any atom is 0.242 e. The number of nitrogens with two attached hydrogens (primary N) is 2. The minimum absolute atomic E-state index is 0.0124. The molecule has 0 aliphatic carbocycles. The second-order valence-electron chi connectivity index (χ2n) is 2.91. The molecule has 0 spiro atoms. The van der Waals surface area contributed by atoms with Gasteiger partial charge in [-0.25, -0.2) is 4.39 Å². The van der Waals surface area contributed by atoms with Gasteiger partial charge in [-0.05, 0) is 24.3 Å². The number of nitrogens with zero attached hydrogens (tertiary/aromatic N) is 3. The summed E-state index contributed by atoms with van der Waals surface area (Å²) in [5.74, 6) is -0.138. The van der Waals surface area contributed by atoms with Crippen LogP contribution in [0, 0.1) is 5.82 Å². The molecule has 2 rings (SSSR count). The van der Waals surface area contributed by atoms with Crippen LogP contribution in [0.3, 0.4) is 0 Å². The largest absolute Gasteiger partial charge is 0.382 e. The van der Waals surface area contributed by atoms with Crippen molar-refractivity contribution in [1.82, 2.24) is 15.2 Å². The minimum Gasteiger partial charge on any atom is -0.382 e. The Bertz CT molecular complexity index is 482. The van der Waals surface area contributed by atoms with Gasteiger partial charge in [0.1, 0.15) is 11.5 Å². The van der Waals surface area contributed by atoms with Crippen LogP contribution in [-0.2, 0) is 0 Å². The van der Waals surface area contributed by atoms with E-state index in [1.165, 1.54) is 12.1 Å². The van der Waals surface area contributed by atoms with Crippen LogP contribution >= 0.6 is 0 Å². The summed E-state index contributed by atoms with van der Waals surface area (Å²) in [6.07, 6.45) is 0. The molecule has 0 fully saturated rings. The summed E-state index contributed by atoms with van der Waals surface area (Å²) in [4.78, 5) is 3.76. The van der Waals surface area contributed by atoms with Crippen LogP contribution in [0.25, 0.3) is 11.3 Å². The summed E-state index contributed by atoms with van der Waals surface area (Å²) in [6, 6.07) is 5.72. The third kappa shape index (κ3) is 1.83. The molecule has 0 aliphatic rings. The Morgan fingerprint density at radius 3 is 2.27 bits per heavy atom. The number of benzene rings is 1. The van der Waals surface area contributed by atoms with E-state index < -0.39 is 0 Å². The molecular weight excluding hydrogens is 197 g/mol. The van der Waals surface area contributed by atoms with Crippen LogP contribution in [-0.4, -0.2) is 15.2 Å². The van der Waals surface area contributed by atoms with Gasteiger partial charge in [-0.3, -0.25) is 0 Å². The van der Waals surface area contributed by atoms with Crippen LogP contribution in [0.15, 0.2) is 24.3 Å². The number of hydrogen-bond donors (Lipinski definition) is 2. The number of aromatic nitrogens is 3. The van der Waals surface area contributed by atoms with E-state index in [2.05, 4.69) is 15.2 Å². The lowest BCUT2D eigenvalue weighted by molar-refractivity contribution is 0.628. The molecule has 5 nitrogen and oxygen atoms in total. The summed E-state index contributed by atoms with van der Waals surface area (Å²) < 4.78 is 12.7. The molecule has 76 valence electrons. The summed E-state index contributed by atoms with van der Waals surface area (Å²) in [7, 11) is 0. The summed E-state index contributed by atoms with van der Waals surface area (Å²) in [5.41, 5.74) is 11.9. The Balaban J connectivity index is 2.49. The van der Waals surface area contributed by atoms with Gasteiger partial charge in [0, 0.05) is 5.56 Å². The van der Waals surface area contributed by atoms with Gasteiger partial charge in [0.15, 0.2) is 5.82 Å². The van der Waals surface area contributed by atoms with Crippen molar-refractivity contribution in [2.24, 2.45) is 0 Å². The van der Waals surface area contributed by atoms with Gasteiger partial charge in [-0.15, -0.1) is 10.2 Å². The lowest BCUT2D eigenvalue weighted by Gasteiger charge is -2.02. The first-order valence-electron chi connectivity index (χ1n) is 4.18. The molecule has 0 aliphatic heterocycles. The molecule has 0 saturated carbocycles. The van der Waals surface area contributed by atoms with Crippen molar-refractivity contribution in [2.75, 3.05) is 11.5 Å². The number of nitrogen functional groups attached to an aromatic ring is 2. The average molecular weight is 205 g/mol. The first kappa shape index (κ1) is 9.32. The van der Waals surface area contributed by atoms with Crippen LogP contribution in [0.2, 0.25) is 0 Å². The Labute approximate surface area is 85.0 Å². The van der Waals surface area contributed by atoms with E-state index in [0.29, 0.717) is 11.3 Å². The maximum atomic E-state index is 12.7. The SMILES string of the molecule is Nc1nnc(-c2ccc(F)cc2)c(N)n1. The lowest BCUT2D eigenvalue weighted by atomic mass is 10.1. The first-order valence-corrected chi connectivity index (χ1v) is 4.18. The molecule has 0 bridgehead atoms. The highest BCUT2D eigenvalue weighted by molar-refractivity contribution is 5.69. The van der Waals surface area contributed by atoms with Crippen LogP contribution < -0.4 is 11.5 Å². The smallest absolute Gasteiger partial charge is 0.242 e. The number of anilines is 2. The van der Waals surface area contributed by atoms with Crippen molar-refractivity contribution in [3.63, 3.8) is 0 Å². The predicted octanol–water partition coefficient (Wildman–Crippen LogP) is 0.842. The quantitative estimate of drug-likeness (QED) is 0.719. The molecule has 1 aromatic carbocycles. The molecule has 15 heavy (non-hydrogen) atoms. The predicted molar refractivity (Wildman–Crippen MR) is 54.0 cm³/mol. The average Bonchev–Trinajstić information content (AvgIpc) is 2.20. The lowest BCUT2D eigenvalue weighted by Crippen LogP contribution is -2.04. The van der Waals surface area contributed by atoms with Crippen LogP contribution in [0.5, 0.6) is 0 Å². The Kier molecular flexibility index (Phi) is 2.17. The molecule has 0 amide bonds. The second kappa shape index (κ2) is 3.49. The number of halogens is 1. The van der Waals surface area contributed by atoms with Crippen LogP contribution in [0.4, 0.5) is 16.2 Å². The Hall–Kier alpha value is -2.24. The highest BCUT2D eigenvalue weighted by Gasteiger charge is 2.06. The summed E-state index contributed by atoms with van der Waals surface area (Å²) >= 11 is 0. The van der Waals surface area contributed by atoms with E-state index in [1.54, 1.807) is 12.1 Å². The Morgan fingerprint density at radius 2 is 1.67 bits per heavy atom. The van der Waals surface area contributed by atoms with Gasteiger partial charge in [0.2, 0.25) is 5.95 Å². The second-order valence-corrected chi connectivity index (χ2v) is 2.91. The van der Waals surface area contributed by atoms with E-state index in [9.17, 15) is 4.39 Å². The van der Waals surface area contributed by atoms with Crippen molar-refractivity contribution < 1.29 is 4.39 Å². The van der Waals surface area contributed by atoms with Gasteiger partial charge < -0.3 is 11.5 Å². The highest BCUT2D eigenvalue weighted by atomic mass is 19.1. The fourth-order valence-electron chi connectivity index (χ4n) is 1.16. The number of hydrogen-bond acceptors (Lipinski definition) is 5. The van der Waals surface area contributed by atoms with E-state index in [1.807, 2.05) is 0 Å². The Morgan fingerprint density at radius 1 is 1.00 bits per heavy atom. The highest BCUT2D eigenvalue weighted by Crippen LogP contribution is 2.21. The van der Waals surface area contributed by atoms with Gasteiger partial charge in [0.25, 0.3) is 0 Å². The third-order valence-electron chi connectivity index (χ3n) is 1.85. The zero-order valence-corrected chi connectivity index (χ0v) is 7.68. The molecule has 1 heterocycles. The standard InChI is InChI=1S/C9H8FN5/c10-6-3-1-5(2-4-6)7-8(11)13-9(12)15-14-7/h1-4H,(H4,11,12,13,15). The van der Waals surface area contributed by atoms with E-state index in [-0.39, 0.29) is 17.6 Å². The van der Waals surface area contributed by atoms with Gasteiger partial charge in [-0.1, -0.05) is 0 Å². The first-order chi connectivity index (χ1) is 7.16. The van der Waals surface area contributed by atoms with E-state index >= 15 is 0 Å². The molecule has 4 N–H and O–H groups in total. The van der Waals surface area contributed by atoms with Crippen molar-refractivity contribution in [3.8, 4) is 11.3 Å². The normalized spacial score (nSPS) is 10.2. The summed E-state index contributed by atoms with van der Waals surface area (Å²) in [6.45, 7) is 0. The van der Waals surface area contributed by atoms with E-state index in [0.717, 1.165) is 0 Å². The molecule has 0 radical (unpaired) electrons. The molecule has 6 heteroatoms. The third-order valence-corrected chi connectivity index (χ3v) is 1.85. The molecule has 0 unspecified atom stereocenters. The van der Waals surface area contributed by atoms with Gasteiger partial charge >= 0.3 is 0 Å². The zero-order valence-electron chi connectivity index (χ0n) is 7.68. The van der Waals surface area contributed by atoms with Gasteiger partial charge in [0.05, 0.1) is 0 Å².